The maximum Gasteiger partial charge on any atom is 0.222 e. The number of para-hydroxylation sites is 1. The number of nitrogen functional groups attached to an aromatic ring is 1. The van der Waals surface area contributed by atoms with Gasteiger partial charge in [0.2, 0.25) is 5.95 Å². The summed E-state index contributed by atoms with van der Waals surface area (Å²) in [7, 11) is 0. The van der Waals surface area contributed by atoms with Gasteiger partial charge in [0.1, 0.15) is 5.82 Å². The highest BCUT2D eigenvalue weighted by molar-refractivity contribution is 5.89. The van der Waals surface area contributed by atoms with Crippen molar-refractivity contribution >= 4 is 22.7 Å². The third-order valence-electron chi connectivity index (χ3n) is 3.41. The highest BCUT2D eigenvalue weighted by Crippen LogP contribution is 2.20. The molecular formula is C17H18N4. The molecule has 4 heteroatoms. The standard InChI is InChI=1S/C17H18N4/c1-12-5-4-6-13(11-12)9-10-19-16-14-7-2-3-8-15(14)20-17(18)21-16/h2-8,11H,9-10H2,1H3,(H3,18,19,20,21). The summed E-state index contributed by atoms with van der Waals surface area (Å²) in [5.41, 5.74) is 9.22. The summed E-state index contributed by atoms with van der Waals surface area (Å²) in [6.45, 7) is 2.92. The second-order valence-corrected chi connectivity index (χ2v) is 5.11. The number of aromatic nitrogens is 2. The first-order valence-electron chi connectivity index (χ1n) is 7.04. The average molecular weight is 278 g/mol. The van der Waals surface area contributed by atoms with Gasteiger partial charge in [-0.15, -0.1) is 0 Å². The van der Waals surface area contributed by atoms with Crippen molar-refractivity contribution < 1.29 is 0 Å². The molecule has 0 aliphatic heterocycles. The van der Waals surface area contributed by atoms with Crippen LogP contribution < -0.4 is 11.1 Å². The van der Waals surface area contributed by atoms with Gasteiger partial charge in [-0.2, -0.15) is 4.98 Å². The fraction of sp³-hybridized carbons (Fsp3) is 0.176. The molecule has 0 spiro atoms. The predicted molar refractivity (Wildman–Crippen MR) is 87.3 cm³/mol. The lowest BCUT2D eigenvalue weighted by atomic mass is 10.1. The SMILES string of the molecule is Cc1cccc(CCNc2nc(N)nc3ccccc23)c1. The summed E-state index contributed by atoms with van der Waals surface area (Å²) in [5.74, 6) is 1.09. The first-order valence-corrected chi connectivity index (χ1v) is 7.04. The van der Waals surface area contributed by atoms with E-state index in [-0.39, 0.29) is 0 Å². The van der Waals surface area contributed by atoms with Crippen molar-refractivity contribution in [2.45, 2.75) is 13.3 Å². The third kappa shape index (κ3) is 3.11. The average Bonchev–Trinajstić information content (AvgIpc) is 2.47. The summed E-state index contributed by atoms with van der Waals surface area (Å²) in [6.07, 6.45) is 0.944. The molecule has 3 aromatic rings. The van der Waals surface area contributed by atoms with Crippen molar-refractivity contribution in [2.24, 2.45) is 0 Å². The number of fused-ring (bicyclic) bond motifs is 1. The molecule has 21 heavy (non-hydrogen) atoms. The number of rotatable bonds is 4. The molecule has 0 unspecified atom stereocenters. The van der Waals surface area contributed by atoms with Crippen molar-refractivity contribution in [3.05, 3.63) is 59.7 Å². The topological polar surface area (TPSA) is 63.8 Å². The molecule has 0 fully saturated rings. The largest absolute Gasteiger partial charge is 0.369 e. The number of hydrogen-bond donors (Lipinski definition) is 2. The van der Waals surface area contributed by atoms with Gasteiger partial charge in [0.15, 0.2) is 0 Å². The lowest BCUT2D eigenvalue weighted by Gasteiger charge is -2.09. The van der Waals surface area contributed by atoms with Gasteiger partial charge in [-0.3, -0.25) is 0 Å². The zero-order valence-corrected chi connectivity index (χ0v) is 12.0. The van der Waals surface area contributed by atoms with Crippen molar-refractivity contribution in [3.8, 4) is 0 Å². The van der Waals surface area contributed by atoms with Crippen molar-refractivity contribution in [1.29, 1.82) is 0 Å². The molecule has 3 rings (SSSR count). The van der Waals surface area contributed by atoms with Gasteiger partial charge in [0.25, 0.3) is 0 Å². The van der Waals surface area contributed by atoms with Crippen LogP contribution in [0.5, 0.6) is 0 Å². The van der Waals surface area contributed by atoms with Gasteiger partial charge in [-0.05, 0) is 31.0 Å². The van der Waals surface area contributed by atoms with Crippen molar-refractivity contribution in [3.63, 3.8) is 0 Å². The van der Waals surface area contributed by atoms with E-state index in [1.807, 2.05) is 24.3 Å². The number of hydrogen-bond acceptors (Lipinski definition) is 4. The van der Waals surface area contributed by atoms with Crippen LogP contribution in [0.3, 0.4) is 0 Å². The van der Waals surface area contributed by atoms with Crippen LogP contribution in [0.15, 0.2) is 48.5 Å². The fourth-order valence-corrected chi connectivity index (χ4v) is 2.42. The maximum atomic E-state index is 5.77. The zero-order valence-electron chi connectivity index (χ0n) is 12.0. The van der Waals surface area contributed by atoms with Gasteiger partial charge >= 0.3 is 0 Å². The molecule has 0 amide bonds. The molecule has 0 saturated carbocycles. The van der Waals surface area contributed by atoms with E-state index < -0.39 is 0 Å². The number of anilines is 2. The van der Waals surface area contributed by atoms with Gasteiger partial charge in [-0.1, -0.05) is 42.0 Å². The predicted octanol–water partition coefficient (Wildman–Crippen LogP) is 3.18. The Labute approximate surface area is 124 Å². The molecule has 1 heterocycles. The quantitative estimate of drug-likeness (QED) is 0.769. The minimum Gasteiger partial charge on any atom is -0.369 e. The molecule has 2 aromatic carbocycles. The summed E-state index contributed by atoms with van der Waals surface area (Å²) >= 11 is 0. The van der Waals surface area contributed by atoms with E-state index in [0.717, 1.165) is 29.7 Å². The summed E-state index contributed by atoms with van der Waals surface area (Å²) in [5, 5.41) is 4.36. The van der Waals surface area contributed by atoms with E-state index in [1.54, 1.807) is 0 Å². The Morgan fingerprint density at radius 2 is 1.90 bits per heavy atom. The van der Waals surface area contributed by atoms with Crippen LogP contribution in [0, 0.1) is 6.92 Å². The van der Waals surface area contributed by atoms with E-state index in [2.05, 4.69) is 46.5 Å². The Morgan fingerprint density at radius 3 is 2.76 bits per heavy atom. The number of benzene rings is 2. The number of nitrogens with zero attached hydrogens (tertiary/aromatic N) is 2. The van der Waals surface area contributed by atoms with E-state index >= 15 is 0 Å². The zero-order chi connectivity index (χ0) is 14.7. The van der Waals surface area contributed by atoms with E-state index in [9.17, 15) is 0 Å². The van der Waals surface area contributed by atoms with Gasteiger partial charge < -0.3 is 11.1 Å². The summed E-state index contributed by atoms with van der Waals surface area (Å²) in [4.78, 5) is 8.55. The van der Waals surface area contributed by atoms with Crippen molar-refractivity contribution in [1.82, 2.24) is 9.97 Å². The van der Waals surface area contributed by atoms with Crippen LogP contribution in [0.1, 0.15) is 11.1 Å². The Morgan fingerprint density at radius 1 is 1.05 bits per heavy atom. The monoisotopic (exact) mass is 278 g/mol. The number of nitrogens with two attached hydrogens (primary N) is 1. The molecule has 0 aliphatic carbocycles. The molecule has 0 bridgehead atoms. The number of aryl methyl sites for hydroxylation is 1. The lowest BCUT2D eigenvalue weighted by molar-refractivity contribution is 1.01. The Bertz CT molecular complexity index is 768. The van der Waals surface area contributed by atoms with Crippen molar-refractivity contribution in [2.75, 3.05) is 17.6 Å². The minimum atomic E-state index is 0.298. The smallest absolute Gasteiger partial charge is 0.222 e. The molecule has 1 aromatic heterocycles. The molecule has 0 atom stereocenters. The number of nitrogens with one attached hydrogen (secondary N) is 1. The maximum absolute atomic E-state index is 5.77. The fourth-order valence-electron chi connectivity index (χ4n) is 2.42. The lowest BCUT2D eigenvalue weighted by Crippen LogP contribution is -2.08. The highest BCUT2D eigenvalue weighted by Gasteiger charge is 2.05. The van der Waals surface area contributed by atoms with Gasteiger partial charge in [0.05, 0.1) is 5.52 Å². The normalized spacial score (nSPS) is 10.7. The Kier molecular flexibility index (Phi) is 3.69. The van der Waals surface area contributed by atoms with E-state index in [0.29, 0.717) is 5.95 Å². The first kappa shape index (κ1) is 13.4. The highest BCUT2D eigenvalue weighted by atomic mass is 15.1. The third-order valence-corrected chi connectivity index (χ3v) is 3.41. The van der Waals surface area contributed by atoms with E-state index in [4.69, 9.17) is 5.73 Å². The van der Waals surface area contributed by atoms with Crippen LogP contribution in [0.2, 0.25) is 0 Å². The van der Waals surface area contributed by atoms with Gasteiger partial charge in [-0.25, -0.2) is 4.98 Å². The molecule has 106 valence electrons. The van der Waals surface area contributed by atoms with Crippen LogP contribution in [0.4, 0.5) is 11.8 Å². The minimum absolute atomic E-state index is 0.298. The Hall–Kier alpha value is -2.62. The summed E-state index contributed by atoms with van der Waals surface area (Å²) in [6, 6.07) is 16.4. The summed E-state index contributed by atoms with van der Waals surface area (Å²) < 4.78 is 0. The Balaban J connectivity index is 1.76. The van der Waals surface area contributed by atoms with Gasteiger partial charge in [0, 0.05) is 11.9 Å². The van der Waals surface area contributed by atoms with Crippen LogP contribution in [-0.4, -0.2) is 16.5 Å². The molecule has 0 aliphatic rings. The molecule has 4 nitrogen and oxygen atoms in total. The second kappa shape index (κ2) is 5.79. The molecule has 3 N–H and O–H groups in total. The van der Waals surface area contributed by atoms with Crippen LogP contribution >= 0.6 is 0 Å². The molecule has 0 radical (unpaired) electrons. The molecular weight excluding hydrogens is 260 g/mol. The molecule has 0 saturated heterocycles. The van der Waals surface area contributed by atoms with E-state index in [1.165, 1.54) is 11.1 Å². The van der Waals surface area contributed by atoms with Crippen LogP contribution in [0.25, 0.3) is 10.9 Å². The second-order valence-electron chi connectivity index (χ2n) is 5.11. The van der Waals surface area contributed by atoms with Crippen LogP contribution in [-0.2, 0) is 6.42 Å². The first-order chi connectivity index (χ1) is 10.2.